The topological polar surface area (TPSA) is 29.5 Å². The van der Waals surface area contributed by atoms with Crippen LogP contribution in [0, 0.1) is 6.92 Å². The molecule has 0 aliphatic carbocycles. The van der Waals surface area contributed by atoms with Crippen LogP contribution in [0.25, 0.3) is 0 Å². The van der Waals surface area contributed by atoms with Crippen molar-refractivity contribution < 1.29 is 9.53 Å². The number of carbonyl (C=O) groups excluding carboxylic acids is 1. The standard InChI is InChI=1S/C18H21NO2S/c1-14-5-4-6-16(13-14)21-12-11-19(2)18(20)15-7-9-17(22-3)10-8-15/h4-10,13H,11-12H2,1-3H3. The lowest BCUT2D eigenvalue weighted by Gasteiger charge is -2.17. The molecule has 0 fully saturated rings. The second-order valence-corrected chi connectivity index (χ2v) is 6.00. The number of thioether (sulfide) groups is 1. The monoisotopic (exact) mass is 315 g/mol. The molecule has 2 aromatic carbocycles. The average Bonchev–Trinajstić information content (AvgIpc) is 2.54. The third-order valence-electron chi connectivity index (χ3n) is 3.37. The smallest absolute Gasteiger partial charge is 0.253 e. The fourth-order valence-electron chi connectivity index (χ4n) is 2.06. The number of amides is 1. The van der Waals surface area contributed by atoms with E-state index < -0.39 is 0 Å². The van der Waals surface area contributed by atoms with Crippen LogP contribution in [0.2, 0.25) is 0 Å². The summed E-state index contributed by atoms with van der Waals surface area (Å²) in [4.78, 5) is 15.1. The van der Waals surface area contributed by atoms with Crippen LogP contribution in [0.1, 0.15) is 15.9 Å². The predicted molar refractivity (Wildman–Crippen MR) is 91.9 cm³/mol. The van der Waals surface area contributed by atoms with E-state index in [1.165, 1.54) is 0 Å². The predicted octanol–water partition coefficient (Wildman–Crippen LogP) is 3.87. The second kappa shape index (κ2) is 7.90. The van der Waals surface area contributed by atoms with Crippen LogP contribution in [0.3, 0.4) is 0 Å². The summed E-state index contributed by atoms with van der Waals surface area (Å²) < 4.78 is 5.68. The van der Waals surface area contributed by atoms with Gasteiger partial charge in [0, 0.05) is 17.5 Å². The maximum absolute atomic E-state index is 12.3. The van der Waals surface area contributed by atoms with Crippen molar-refractivity contribution in [1.29, 1.82) is 0 Å². The summed E-state index contributed by atoms with van der Waals surface area (Å²) in [7, 11) is 1.80. The molecule has 0 saturated carbocycles. The zero-order valence-corrected chi connectivity index (χ0v) is 14.0. The molecule has 0 N–H and O–H groups in total. The summed E-state index contributed by atoms with van der Waals surface area (Å²) in [5.41, 5.74) is 1.87. The van der Waals surface area contributed by atoms with Crippen molar-refractivity contribution in [3.8, 4) is 5.75 Å². The molecule has 22 heavy (non-hydrogen) atoms. The Morgan fingerprint density at radius 2 is 1.91 bits per heavy atom. The Labute approximate surface area is 136 Å². The lowest BCUT2D eigenvalue weighted by molar-refractivity contribution is 0.0773. The Bertz CT molecular complexity index is 625. The zero-order chi connectivity index (χ0) is 15.9. The largest absolute Gasteiger partial charge is 0.492 e. The molecule has 116 valence electrons. The summed E-state index contributed by atoms with van der Waals surface area (Å²) in [5, 5.41) is 0. The van der Waals surface area contributed by atoms with E-state index in [0.29, 0.717) is 18.7 Å². The minimum atomic E-state index is 0.0143. The first-order valence-electron chi connectivity index (χ1n) is 7.19. The van der Waals surface area contributed by atoms with Crippen LogP contribution in [0.5, 0.6) is 5.75 Å². The van der Waals surface area contributed by atoms with Gasteiger partial charge in [-0.05, 0) is 55.1 Å². The van der Waals surface area contributed by atoms with E-state index in [4.69, 9.17) is 4.74 Å². The van der Waals surface area contributed by atoms with Gasteiger partial charge in [-0.1, -0.05) is 12.1 Å². The molecular weight excluding hydrogens is 294 g/mol. The molecule has 0 aliphatic heterocycles. The Hall–Kier alpha value is -1.94. The lowest BCUT2D eigenvalue weighted by Crippen LogP contribution is -2.30. The van der Waals surface area contributed by atoms with Crippen LogP contribution < -0.4 is 4.74 Å². The van der Waals surface area contributed by atoms with Gasteiger partial charge in [0.05, 0.1) is 6.54 Å². The van der Waals surface area contributed by atoms with Gasteiger partial charge in [-0.2, -0.15) is 0 Å². The average molecular weight is 315 g/mol. The van der Waals surface area contributed by atoms with E-state index >= 15 is 0 Å². The van der Waals surface area contributed by atoms with E-state index in [2.05, 4.69) is 0 Å². The molecule has 2 rings (SSSR count). The quantitative estimate of drug-likeness (QED) is 0.758. The van der Waals surface area contributed by atoms with Gasteiger partial charge in [-0.25, -0.2) is 0 Å². The normalized spacial score (nSPS) is 10.3. The molecule has 0 unspecified atom stereocenters. The summed E-state index contributed by atoms with van der Waals surface area (Å²) in [6.07, 6.45) is 2.02. The van der Waals surface area contributed by atoms with Crippen LogP contribution in [0.4, 0.5) is 0 Å². The maximum Gasteiger partial charge on any atom is 0.253 e. The maximum atomic E-state index is 12.3. The van der Waals surface area contributed by atoms with Crippen molar-refractivity contribution in [2.24, 2.45) is 0 Å². The number of rotatable bonds is 6. The van der Waals surface area contributed by atoms with Crippen LogP contribution in [0.15, 0.2) is 53.4 Å². The molecular formula is C18H21NO2S. The van der Waals surface area contributed by atoms with Crippen molar-refractivity contribution in [3.05, 3.63) is 59.7 Å². The Balaban J connectivity index is 1.85. The highest BCUT2D eigenvalue weighted by atomic mass is 32.2. The van der Waals surface area contributed by atoms with Gasteiger partial charge in [-0.15, -0.1) is 11.8 Å². The number of aryl methyl sites for hydroxylation is 1. The van der Waals surface area contributed by atoms with E-state index in [0.717, 1.165) is 16.2 Å². The molecule has 0 heterocycles. The SMILES string of the molecule is CSc1ccc(C(=O)N(C)CCOc2cccc(C)c2)cc1. The molecule has 1 amide bonds. The Morgan fingerprint density at radius 3 is 2.55 bits per heavy atom. The summed E-state index contributed by atoms with van der Waals surface area (Å²) in [6, 6.07) is 15.6. The Morgan fingerprint density at radius 1 is 1.18 bits per heavy atom. The highest BCUT2D eigenvalue weighted by molar-refractivity contribution is 7.98. The molecule has 0 radical (unpaired) electrons. The van der Waals surface area contributed by atoms with Crippen molar-refractivity contribution >= 4 is 17.7 Å². The highest BCUT2D eigenvalue weighted by Crippen LogP contribution is 2.16. The van der Waals surface area contributed by atoms with Crippen molar-refractivity contribution in [3.63, 3.8) is 0 Å². The minimum Gasteiger partial charge on any atom is -0.492 e. The number of likely N-dealkylation sites (N-methyl/N-ethyl adjacent to an activating group) is 1. The van der Waals surface area contributed by atoms with Crippen molar-refractivity contribution in [2.75, 3.05) is 26.5 Å². The molecule has 0 aliphatic rings. The van der Waals surface area contributed by atoms with Gasteiger partial charge >= 0.3 is 0 Å². The van der Waals surface area contributed by atoms with Gasteiger partial charge < -0.3 is 9.64 Å². The number of nitrogens with zero attached hydrogens (tertiary/aromatic N) is 1. The van der Waals surface area contributed by atoms with Gasteiger partial charge in [0.2, 0.25) is 0 Å². The summed E-state index contributed by atoms with van der Waals surface area (Å²) >= 11 is 1.67. The number of hydrogen-bond donors (Lipinski definition) is 0. The van der Waals surface area contributed by atoms with E-state index in [9.17, 15) is 4.79 Å². The van der Waals surface area contributed by atoms with E-state index in [-0.39, 0.29) is 5.91 Å². The minimum absolute atomic E-state index is 0.0143. The van der Waals surface area contributed by atoms with Gasteiger partial charge in [-0.3, -0.25) is 4.79 Å². The van der Waals surface area contributed by atoms with Gasteiger partial charge in [0.25, 0.3) is 5.91 Å². The summed E-state index contributed by atoms with van der Waals surface area (Å²) in [6.45, 7) is 3.06. The van der Waals surface area contributed by atoms with Gasteiger partial charge in [0.15, 0.2) is 0 Å². The van der Waals surface area contributed by atoms with Crippen molar-refractivity contribution in [1.82, 2.24) is 4.90 Å². The molecule has 0 bridgehead atoms. The van der Waals surface area contributed by atoms with E-state index in [1.807, 2.05) is 61.7 Å². The molecule has 4 heteroatoms. The highest BCUT2D eigenvalue weighted by Gasteiger charge is 2.11. The van der Waals surface area contributed by atoms with Crippen LogP contribution in [-0.2, 0) is 0 Å². The van der Waals surface area contributed by atoms with E-state index in [1.54, 1.807) is 23.7 Å². The van der Waals surface area contributed by atoms with Crippen LogP contribution in [-0.4, -0.2) is 37.3 Å². The Kier molecular flexibility index (Phi) is 5.90. The molecule has 0 aromatic heterocycles. The third kappa shape index (κ3) is 4.53. The lowest BCUT2D eigenvalue weighted by atomic mass is 10.2. The zero-order valence-electron chi connectivity index (χ0n) is 13.2. The number of benzene rings is 2. The summed E-state index contributed by atoms with van der Waals surface area (Å²) in [5.74, 6) is 0.852. The third-order valence-corrected chi connectivity index (χ3v) is 4.11. The van der Waals surface area contributed by atoms with Crippen molar-refractivity contribution in [2.45, 2.75) is 11.8 Å². The number of ether oxygens (including phenoxy) is 1. The first-order chi connectivity index (χ1) is 10.6. The molecule has 2 aromatic rings. The van der Waals surface area contributed by atoms with Gasteiger partial charge in [0.1, 0.15) is 12.4 Å². The molecule has 0 saturated heterocycles. The molecule has 0 spiro atoms. The van der Waals surface area contributed by atoms with Crippen LogP contribution >= 0.6 is 11.8 Å². The second-order valence-electron chi connectivity index (χ2n) is 5.12. The fraction of sp³-hybridized carbons (Fsp3) is 0.278. The first kappa shape index (κ1) is 16.4. The number of carbonyl (C=O) groups is 1. The first-order valence-corrected chi connectivity index (χ1v) is 8.41. The molecule has 0 atom stereocenters. The number of hydrogen-bond acceptors (Lipinski definition) is 3. The fourth-order valence-corrected chi connectivity index (χ4v) is 2.47. The molecule has 3 nitrogen and oxygen atoms in total.